The smallest absolute Gasteiger partial charge is 0.265 e. The average molecular weight is 374 g/mol. The number of amides is 1. The maximum Gasteiger partial charge on any atom is 0.265 e. The van der Waals surface area contributed by atoms with Crippen LogP contribution in [0, 0.1) is 13.8 Å². The molecule has 1 amide bonds. The molecule has 0 unspecified atom stereocenters. The Bertz CT molecular complexity index is 940. The van der Waals surface area contributed by atoms with Gasteiger partial charge in [-0.1, -0.05) is 24.3 Å². The van der Waals surface area contributed by atoms with Crippen LogP contribution in [0.5, 0.6) is 5.75 Å². The molecular weight excluding hydrogens is 352 g/mol. The van der Waals surface area contributed by atoms with Gasteiger partial charge in [0.2, 0.25) is 10.0 Å². The molecule has 1 aliphatic rings. The van der Waals surface area contributed by atoms with E-state index in [2.05, 4.69) is 5.32 Å². The SMILES string of the molecule is Cc1cccc(NC(=O)[C@@H]2CCN(S(C)(=O)=O)c3ccccc3O2)c1C. The van der Waals surface area contributed by atoms with Crippen molar-refractivity contribution in [2.75, 3.05) is 22.4 Å². The van der Waals surface area contributed by atoms with Gasteiger partial charge in [0, 0.05) is 18.7 Å². The maximum absolute atomic E-state index is 12.7. The second-order valence-corrected chi connectivity index (χ2v) is 8.34. The number of carbonyl (C=O) groups is 1. The zero-order chi connectivity index (χ0) is 18.9. The number of aryl methyl sites for hydroxylation is 1. The third-order valence-electron chi connectivity index (χ3n) is 4.55. The predicted octanol–water partition coefficient (Wildman–Crippen LogP) is 2.86. The lowest BCUT2D eigenvalue weighted by Gasteiger charge is -2.20. The van der Waals surface area contributed by atoms with Crippen molar-refractivity contribution in [2.45, 2.75) is 26.4 Å². The molecule has 2 aromatic carbocycles. The Hall–Kier alpha value is -2.54. The number of para-hydroxylation sites is 2. The van der Waals surface area contributed by atoms with E-state index in [1.165, 1.54) is 4.31 Å². The van der Waals surface area contributed by atoms with Gasteiger partial charge in [-0.3, -0.25) is 9.10 Å². The zero-order valence-corrected chi connectivity index (χ0v) is 15.8. The van der Waals surface area contributed by atoms with Gasteiger partial charge in [0.25, 0.3) is 5.91 Å². The molecule has 138 valence electrons. The number of rotatable bonds is 3. The van der Waals surface area contributed by atoms with E-state index in [0.29, 0.717) is 11.4 Å². The molecular formula is C19H22N2O4S. The van der Waals surface area contributed by atoms with Crippen LogP contribution in [0.4, 0.5) is 11.4 Å². The summed E-state index contributed by atoms with van der Waals surface area (Å²) in [6.45, 7) is 4.10. The van der Waals surface area contributed by atoms with Gasteiger partial charge >= 0.3 is 0 Å². The van der Waals surface area contributed by atoms with E-state index < -0.39 is 16.1 Å². The molecule has 0 fully saturated rings. The van der Waals surface area contributed by atoms with Crippen LogP contribution in [0.15, 0.2) is 42.5 Å². The molecule has 1 aliphatic heterocycles. The standard InChI is InChI=1S/C19H22N2O4S/c1-13-7-6-8-15(14(13)2)20-19(22)18-11-12-21(26(3,23)24)16-9-4-5-10-17(16)25-18/h4-10,18H,11-12H2,1-3H3,(H,20,22)/t18-/m0/s1. The first-order valence-corrected chi connectivity index (χ1v) is 10.2. The monoisotopic (exact) mass is 374 g/mol. The Kier molecular flexibility index (Phi) is 4.91. The van der Waals surface area contributed by atoms with Crippen LogP contribution in [0.3, 0.4) is 0 Å². The summed E-state index contributed by atoms with van der Waals surface area (Å²) < 4.78 is 31.4. The Labute approximate surface area is 153 Å². The van der Waals surface area contributed by atoms with Gasteiger partial charge in [-0.2, -0.15) is 0 Å². The largest absolute Gasteiger partial charge is 0.478 e. The fraction of sp³-hybridized carbons (Fsp3) is 0.316. The van der Waals surface area contributed by atoms with Crippen molar-refractivity contribution in [1.82, 2.24) is 0 Å². The van der Waals surface area contributed by atoms with Crippen LogP contribution in [-0.4, -0.2) is 33.2 Å². The third kappa shape index (κ3) is 3.67. The molecule has 1 heterocycles. The summed E-state index contributed by atoms with van der Waals surface area (Å²) in [7, 11) is -3.46. The Morgan fingerprint density at radius 2 is 1.88 bits per heavy atom. The molecule has 1 atom stereocenters. The molecule has 0 saturated carbocycles. The van der Waals surface area contributed by atoms with Gasteiger partial charge in [-0.05, 0) is 43.2 Å². The molecule has 6 nitrogen and oxygen atoms in total. The highest BCUT2D eigenvalue weighted by molar-refractivity contribution is 7.92. The molecule has 0 aromatic heterocycles. The first-order valence-electron chi connectivity index (χ1n) is 8.38. The number of ether oxygens (including phenoxy) is 1. The number of fused-ring (bicyclic) bond motifs is 1. The summed E-state index contributed by atoms with van der Waals surface area (Å²) in [6, 6.07) is 12.6. The van der Waals surface area contributed by atoms with Crippen LogP contribution in [0.1, 0.15) is 17.5 Å². The van der Waals surface area contributed by atoms with Crippen LogP contribution < -0.4 is 14.4 Å². The first-order chi connectivity index (χ1) is 12.3. The first kappa shape index (κ1) is 18.3. The van der Waals surface area contributed by atoms with Gasteiger partial charge < -0.3 is 10.1 Å². The van der Waals surface area contributed by atoms with Crippen LogP contribution >= 0.6 is 0 Å². The van der Waals surface area contributed by atoms with E-state index in [9.17, 15) is 13.2 Å². The quantitative estimate of drug-likeness (QED) is 0.896. The van der Waals surface area contributed by atoms with Crippen LogP contribution in [-0.2, 0) is 14.8 Å². The second-order valence-electron chi connectivity index (χ2n) is 6.43. The van der Waals surface area contributed by atoms with Crippen molar-refractivity contribution < 1.29 is 17.9 Å². The minimum atomic E-state index is -3.46. The minimum Gasteiger partial charge on any atom is -0.478 e. The van der Waals surface area contributed by atoms with E-state index in [-0.39, 0.29) is 18.9 Å². The van der Waals surface area contributed by atoms with Crippen molar-refractivity contribution in [3.8, 4) is 5.75 Å². The third-order valence-corrected chi connectivity index (χ3v) is 5.73. The normalized spacial score (nSPS) is 17.0. The van der Waals surface area contributed by atoms with Gasteiger partial charge in [-0.25, -0.2) is 8.42 Å². The van der Waals surface area contributed by atoms with E-state index in [1.54, 1.807) is 24.3 Å². The highest BCUT2D eigenvalue weighted by atomic mass is 32.2. The van der Waals surface area contributed by atoms with Crippen molar-refractivity contribution >= 4 is 27.3 Å². The molecule has 0 radical (unpaired) electrons. The van der Waals surface area contributed by atoms with Crippen LogP contribution in [0.2, 0.25) is 0 Å². The lowest BCUT2D eigenvalue weighted by molar-refractivity contribution is -0.122. The molecule has 0 aliphatic carbocycles. The fourth-order valence-corrected chi connectivity index (χ4v) is 3.90. The van der Waals surface area contributed by atoms with E-state index in [1.807, 2.05) is 32.0 Å². The average Bonchev–Trinajstić information content (AvgIpc) is 2.78. The molecule has 1 N–H and O–H groups in total. The highest BCUT2D eigenvalue weighted by Crippen LogP contribution is 2.34. The Morgan fingerprint density at radius 3 is 2.62 bits per heavy atom. The van der Waals surface area contributed by atoms with Crippen molar-refractivity contribution in [1.29, 1.82) is 0 Å². The van der Waals surface area contributed by atoms with Gasteiger partial charge in [0.15, 0.2) is 6.10 Å². The molecule has 3 rings (SSSR count). The summed E-state index contributed by atoms with van der Waals surface area (Å²) in [4.78, 5) is 12.7. The summed E-state index contributed by atoms with van der Waals surface area (Å²) in [5.74, 6) is 0.0976. The molecule has 7 heteroatoms. The number of nitrogens with zero attached hydrogens (tertiary/aromatic N) is 1. The summed E-state index contributed by atoms with van der Waals surface area (Å²) >= 11 is 0. The molecule has 2 aromatic rings. The number of sulfonamides is 1. The van der Waals surface area contributed by atoms with Crippen LogP contribution in [0.25, 0.3) is 0 Å². The van der Waals surface area contributed by atoms with Crippen molar-refractivity contribution in [3.05, 3.63) is 53.6 Å². The zero-order valence-electron chi connectivity index (χ0n) is 15.0. The molecule has 0 bridgehead atoms. The van der Waals surface area contributed by atoms with E-state index in [0.717, 1.165) is 23.1 Å². The van der Waals surface area contributed by atoms with Crippen molar-refractivity contribution in [3.63, 3.8) is 0 Å². The van der Waals surface area contributed by atoms with E-state index >= 15 is 0 Å². The highest BCUT2D eigenvalue weighted by Gasteiger charge is 2.31. The molecule has 26 heavy (non-hydrogen) atoms. The molecule has 0 saturated heterocycles. The van der Waals surface area contributed by atoms with Gasteiger partial charge in [0.1, 0.15) is 5.75 Å². The number of carbonyl (C=O) groups excluding carboxylic acids is 1. The number of benzene rings is 2. The Balaban J connectivity index is 1.87. The Morgan fingerprint density at radius 1 is 1.15 bits per heavy atom. The molecule has 0 spiro atoms. The minimum absolute atomic E-state index is 0.181. The number of anilines is 2. The number of nitrogens with one attached hydrogen (secondary N) is 1. The number of hydrogen-bond donors (Lipinski definition) is 1. The lowest BCUT2D eigenvalue weighted by atomic mass is 10.1. The fourth-order valence-electron chi connectivity index (χ4n) is 2.96. The predicted molar refractivity (Wildman–Crippen MR) is 102 cm³/mol. The second kappa shape index (κ2) is 6.99. The van der Waals surface area contributed by atoms with Gasteiger partial charge in [-0.15, -0.1) is 0 Å². The summed E-state index contributed by atoms with van der Waals surface area (Å²) in [5.41, 5.74) is 3.26. The van der Waals surface area contributed by atoms with Crippen molar-refractivity contribution in [2.24, 2.45) is 0 Å². The van der Waals surface area contributed by atoms with E-state index in [4.69, 9.17) is 4.74 Å². The summed E-state index contributed by atoms with van der Waals surface area (Å²) in [5, 5.41) is 2.90. The lowest BCUT2D eigenvalue weighted by Crippen LogP contribution is -2.36. The topological polar surface area (TPSA) is 75.7 Å². The van der Waals surface area contributed by atoms with Gasteiger partial charge in [0.05, 0.1) is 11.9 Å². The summed E-state index contributed by atoms with van der Waals surface area (Å²) in [6.07, 6.45) is 0.640. The number of hydrogen-bond acceptors (Lipinski definition) is 4. The maximum atomic E-state index is 12.7.